The number of rotatable bonds is 8. The van der Waals surface area contributed by atoms with E-state index in [1.54, 1.807) is 18.2 Å². The fraction of sp³-hybridized carbons (Fsp3) is 0.250. The average molecular weight is 535 g/mol. The fourth-order valence-corrected chi connectivity index (χ4v) is 4.51. The first kappa shape index (κ1) is 26.8. The van der Waals surface area contributed by atoms with Gasteiger partial charge in [0.2, 0.25) is 5.75 Å². The molecule has 0 aliphatic heterocycles. The van der Waals surface area contributed by atoms with E-state index >= 15 is 0 Å². The summed E-state index contributed by atoms with van der Waals surface area (Å²) in [5, 5.41) is 16.4. The maximum absolute atomic E-state index is 13.6. The van der Waals surface area contributed by atoms with E-state index in [4.69, 9.17) is 26.1 Å². The van der Waals surface area contributed by atoms with Gasteiger partial charge in [-0.3, -0.25) is 14.9 Å². The largest absolute Gasteiger partial charge is 0.494 e. The molecule has 0 aliphatic rings. The smallest absolute Gasteiger partial charge is 0.313 e. The number of benzene rings is 3. The number of nitro groups is 1. The van der Waals surface area contributed by atoms with Crippen molar-refractivity contribution in [2.45, 2.75) is 33.6 Å². The summed E-state index contributed by atoms with van der Waals surface area (Å²) < 4.78 is 12.1. The molecule has 4 aromatic rings. The Balaban J connectivity index is 1.97. The summed E-state index contributed by atoms with van der Waals surface area (Å²) in [5.74, 6) is 1.22. The first-order chi connectivity index (χ1) is 18.2. The van der Waals surface area contributed by atoms with Gasteiger partial charge in [0, 0.05) is 17.2 Å². The Kier molecular flexibility index (Phi) is 7.78. The number of hydrogen-bond acceptors (Lipinski definition) is 7. The molecule has 1 aromatic heterocycles. The molecule has 38 heavy (non-hydrogen) atoms. The highest BCUT2D eigenvalue weighted by Gasteiger charge is 2.21. The van der Waals surface area contributed by atoms with Crippen molar-refractivity contribution in [1.29, 1.82) is 0 Å². The lowest BCUT2D eigenvalue weighted by Gasteiger charge is -2.18. The minimum Gasteiger partial charge on any atom is -0.494 e. The molecule has 9 nitrogen and oxygen atoms in total. The minimum atomic E-state index is -0.589. The summed E-state index contributed by atoms with van der Waals surface area (Å²) in [4.78, 5) is 29.4. The second-order valence-electron chi connectivity index (χ2n) is 8.92. The van der Waals surface area contributed by atoms with Crippen LogP contribution in [0, 0.1) is 17.0 Å². The zero-order valence-electron chi connectivity index (χ0n) is 21.7. The van der Waals surface area contributed by atoms with E-state index in [9.17, 15) is 14.9 Å². The Bertz CT molecular complexity index is 1630. The SMILES string of the molecule is CCOc1cc(C)c(-c2nc3ccccc3c(=O)n2N=Cc2cc(Cl)c(OC)c([N+](=O)[O-])c2)cc1C(C)C. The van der Waals surface area contributed by atoms with Gasteiger partial charge in [-0.2, -0.15) is 9.78 Å². The van der Waals surface area contributed by atoms with Gasteiger partial charge >= 0.3 is 5.69 Å². The number of aromatic nitrogens is 2. The van der Waals surface area contributed by atoms with Crippen molar-refractivity contribution in [3.63, 3.8) is 0 Å². The molecule has 0 N–H and O–H groups in total. The molecule has 0 saturated heterocycles. The highest BCUT2D eigenvalue weighted by molar-refractivity contribution is 6.32. The van der Waals surface area contributed by atoms with Crippen LogP contribution in [-0.4, -0.2) is 34.5 Å². The van der Waals surface area contributed by atoms with Gasteiger partial charge < -0.3 is 9.47 Å². The molecule has 0 spiro atoms. The van der Waals surface area contributed by atoms with Crippen LogP contribution in [0.3, 0.4) is 0 Å². The second-order valence-corrected chi connectivity index (χ2v) is 9.33. The van der Waals surface area contributed by atoms with E-state index in [0.717, 1.165) is 22.4 Å². The third-order valence-electron chi connectivity index (χ3n) is 6.04. The second kappa shape index (κ2) is 11.0. The number of methoxy groups -OCH3 is 1. The Morgan fingerprint density at radius 1 is 1.21 bits per heavy atom. The quantitative estimate of drug-likeness (QED) is 0.148. The van der Waals surface area contributed by atoms with E-state index in [2.05, 4.69) is 18.9 Å². The summed E-state index contributed by atoms with van der Waals surface area (Å²) in [6.07, 6.45) is 1.34. The van der Waals surface area contributed by atoms with Crippen molar-refractivity contribution < 1.29 is 14.4 Å². The van der Waals surface area contributed by atoms with E-state index < -0.39 is 4.92 Å². The van der Waals surface area contributed by atoms with Crippen LogP contribution in [0.2, 0.25) is 5.02 Å². The van der Waals surface area contributed by atoms with Gasteiger partial charge in [0.1, 0.15) is 5.75 Å². The molecule has 0 radical (unpaired) electrons. The van der Waals surface area contributed by atoms with Crippen LogP contribution in [0.4, 0.5) is 5.69 Å². The average Bonchev–Trinajstić information content (AvgIpc) is 2.88. The molecule has 0 saturated carbocycles. The molecule has 0 bridgehead atoms. The maximum Gasteiger partial charge on any atom is 0.313 e. The van der Waals surface area contributed by atoms with Gasteiger partial charge in [0.05, 0.1) is 40.8 Å². The topological polar surface area (TPSA) is 109 Å². The van der Waals surface area contributed by atoms with Gasteiger partial charge in [-0.25, -0.2) is 4.98 Å². The fourth-order valence-electron chi connectivity index (χ4n) is 4.21. The minimum absolute atomic E-state index is 0.0507. The van der Waals surface area contributed by atoms with Crippen molar-refractivity contribution in [3.05, 3.63) is 90.7 Å². The molecule has 4 rings (SSSR count). The Morgan fingerprint density at radius 3 is 2.61 bits per heavy atom. The lowest BCUT2D eigenvalue weighted by Crippen LogP contribution is -2.21. The van der Waals surface area contributed by atoms with E-state index in [-0.39, 0.29) is 27.9 Å². The van der Waals surface area contributed by atoms with Crippen molar-refractivity contribution >= 4 is 34.4 Å². The highest BCUT2D eigenvalue weighted by atomic mass is 35.5. The predicted molar refractivity (Wildman–Crippen MR) is 149 cm³/mol. The highest BCUT2D eigenvalue weighted by Crippen LogP contribution is 2.36. The molecule has 0 unspecified atom stereocenters. The third kappa shape index (κ3) is 5.10. The van der Waals surface area contributed by atoms with Crippen LogP contribution in [0.15, 0.2) is 58.4 Å². The van der Waals surface area contributed by atoms with Gasteiger partial charge in [-0.05, 0) is 61.2 Å². The van der Waals surface area contributed by atoms with Crippen LogP contribution in [-0.2, 0) is 0 Å². The maximum atomic E-state index is 13.6. The van der Waals surface area contributed by atoms with Crippen molar-refractivity contribution in [2.24, 2.45) is 5.10 Å². The van der Waals surface area contributed by atoms with Crippen LogP contribution >= 0.6 is 11.6 Å². The van der Waals surface area contributed by atoms with Gasteiger partial charge in [-0.1, -0.05) is 37.6 Å². The Morgan fingerprint density at radius 2 is 1.95 bits per heavy atom. The number of para-hydroxylation sites is 1. The molecule has 196 valence electrons. The van der Waals surface area contributed by atoms with Crippen molar-refractivity contribution in [3.8, 4) is 22.9 Å². The summed E-state index contributed by atoms with van der Waals surface area (Å²) >= 11 is 6.22. The van der Waals surface area contributed by atoms with Gasteiger partial charge in [0.15, 0.2) is 5.82 Å². The van der Waals surface area contributed by atoms with Crippen molar-refractivity contribution in [2.75, 3.05) is 13.7 Å². The Labute approximate surface area is 224 Å². The van der Waals surface area contributed by atoms with Gasteiger partial charge in [-0.15, -0.1) is 0 Å². The van der Waals surface area contributed by atoms with E-state index in [1.165, 1.54) is 30.1 Å². The predicted octanol–water partition coefficient (Wildman–Crippen LogP) is 6.35. The zero-order valence-corrected chi connectivity index (χ0v) is 22.4. The van der Waals surface area contributed by atoms with Crippen LogP contribution in [0.5, 0.6) is 11.5 Å². The number of halogens is 1. The number of hydrogen-bond donors (Lipinski definition) is 0. The third-order valence-corrected chi connectivity index (χ3v) is 6.32. The summed E-state index contributed by atoms with van der Waals surface area (Å²) in [6.45, 7) is 8.51. The number of nitro benzene ring substituents is 1. The first-order valence-corrected chi connectivity index (χ1v) is 12.4. The zero-order chi connectivity index (χ0) is 27.6. The van der Waals surface area contributed by atoms with Gasteiger partial charge in [0.25, 0.3) is 5.56 Å². The summed E-state index contributed by atoms with van der Waals surface area (Å²) in [6, 6.07) is 13.7. The molecule has 1 heterocycles. The standard InChI is InChI=1S/C28H27ClN4O5/c1-6-38-25-11-17(4)21(14-20(25)16(2)3)27-31-23-10-8-7-9-19(23)28(34)32(27)30-15-18-12-22(29)26(37-5)24(13-18)33(35)36/h7-16H,6H2,1-5H3. The number of ether oxygens (including phenoxy) is 2. The lowest BCUT2D eigenvalue weighted by molar-refractivity contribution is -0.385. The first-order valence-electron chi connectivity index (χ1n) is 12.0. The number of nitrogens with zero attached hydrogens (tertiary/aromatic N) is 4. The lowest BCUT2D eigenvalue weighted by atomic mass is 9.96. The molecule has 3 aromatic carbocycles. The molecule has 0 fully saturated rings. The Hall–Kier alpha value is -4.24. The van der Waals surface area contributed by atoms with Crippen LogP contribution in [0.1, 0.15) is 43.4 Å². The van der Waals surface area contributed by atoms with Crippen molar-refractivity contribution in [1.82, 2.24) is 9.66 Å². The molecular formula is C28H27ClN4O5. The number of aryl methyl sites for hydroxylation is 1. The number of fused-ring (bicyclic) bond motifs is 1. The normalized spacial score (nSPS) is 11.4. The van der Waals surface area contributed by atoms with E-state index in [0.29, 0.717) is 28.9 Å². The van der Waals surface area contributed by atoms with Crippen LogP contribution in [0.25, 0.3) is 22.3 Å². The molecule has 0 amide bonds. The molecule has 0 aliphatic carbocycles. The molecule has 0 atom stereocenters. The molecular weight excluding hydrogens is 508 g/mol. The monoisotopic (exact) mass is 534 g/mol. The summed E-state index contributed by atoms with van der Waals surface area (Å²) in [5.41, 5.74) is 2.71. The van der Waals surface area contributed by atoms with E-state index in [1.807, 2.05) is 32.0 Å². The summed E-state index contributed by atoms with van der Waals surface area (Å²) in [7, 11) is 1.30. The molecule has 10 heteroatoms. The van der Waals surface area contributed by atoms with Crippen LogP contribution < -0.4 is 15.0 Å².